The van der Waals surface area contributed by atoms with Gasteiger partial charge in [0.05, 0.1) is 25.5 Å². The first kappa shape index (κ1) is 20.7. The molecule has 0 aliphatic heterocycles. The normalized spacial score (nSPS) is 14.7. The van der Waals surface area contributed by atoms with E-state index in [0.717, 1.165) is 35.1 Å². The van der Waals surface area contributed by atoms with Gasteiger partial charge in [-0.05, 0) is 43.0 Å². The highest BCUT2D eigenvalue weighted by molar-refractivity contribution is 5.28. The lowest BCUT2D eigenvalue weighted by atomic mass is 9.89. The maximum absolute atomic E-state index is 5.99. The fraction of sp³-hybridized carbons (Fsp3) is 0.423. The van der Waals surface area contributed by atoms with Crippen LogP contribution < -0.4 is 4.74 Å². The Kier molecular flexibility index (Phi) is 7.20. The van der Waals surface area contributed by atoms with E-state index in [1.807, 2.05) is 43.3 Å². The van der Waals surface area contributed by atoms with E-state index in [1.54, 1.807) is 0 Å². The second kappa shape index (κ2) is 10.4. The molecule has 4 nitrogen and oxygen atoms in total. The van der Waals surface area contributed by atoms with Crippen LogP contribution in [0.2, 0.25) is 0 Å². The maximum atomic E-state index is 5.99. The molecule has 0 N–H and O–H groups in total. The molecule has 0 spiro atoms. The van der Waals surface area contributed by atoms with Crippen LogP contribution in [-0.2, 0) is 24.4 Å². The zero-order chi connectivity index (χ0) is 20.6. The van der Waals surface area contributed by atoms with E-state index in [0.29, 0.717) is 25.7 Å². The summed E-state index contributed by atoms with van der Waals surface area (Å²) in [7, 11) is 0. The SMILES string of the molecule is Cc1oc(C2CCCCC2)nc1CCOc1cccc(COCc2ccccc2)c1. The van der Waals surface area contributed by atoms with Gasteiger partial charge < -0.3 is 13.9 Å². The number of aryl methyl sites for hydroxylation is 1. The van der Waals surface area contributed by atoms with E-state index in [2.05, 4.69) is 18.2 Å². The van der Waals surface area contributed by atoms with E-state index in [1.165, 1.54) is 37.7 Å². The van der Waals surface area contributed by atoms with Gasteiger partial charge >= 0.3 is 0 Å². The Morgan fingerprint density at radius 3 is 2.53 bits per heavy atom. The predicted molar refractivity (Wildman–Crippen MR) is 118 cm³/mol. The van der Waals surface area contributed by atoms with Gasteiger partial charge in [0.2, 0.25) is 0 Å². The molecule has 4 rings (SSSR count). The number of hydrogen-bond acceptors (Lipinski definition) is 4. The number of rotatable bonds is 9. The van der Waals surface area contributed by atoms with Crippen LogP contribution in [0.25, 0.3) is 0 Å². The first-order chi connectivity index (χ1) is 14.8. The predicted octanol–water partition coefficient (Wildman–Crippen LogP) is 6.37. The summed E-state index contributed by atoms with van der Waals surface area (Å²) in [6.07, 6.45) is 7.08. The van der Waals surface area contributed by atoms with Gasteiger partial charge in [0.1, 0.15) is 11.5 Å². The van der Waals surface area contributed by atoms with Gasteiger partial charge in [-0.2, -0.15) is 0 Å². The summed E-state index contributed by atoms with van der Waals surface area (Å²) in [4.78, 5) is 4.78. The number of oxazole rings is 1. The average Bonchev–Trinajstić information content (AvgIpc) is 3.16. The fourth-order valence-electron chi connectivity index (χ4n) is 4.06. The molecule has 0 amide bonds. The van der Waals surface area contributed by atoms with E-state index < -0.39 is 0 Å². The number of hydrogen-bond donors (Lipinski definition) is 0. The van der Waals surface area contributed by atoms with Crippen LogP contribution >= 0.6 is 0 Å². The minimum Gasteiger partial charge on any atom is -0.493 e. The van der Waals surface area contributed by atoms with E-state index in [9.17, 15) is 0 Å². The van der Waals surface area contributed by atoms with Crippen LogP contribution in [0.15, 0.2) is 59.0 Å². The van der Waals surface area contributed by atoms with E-state index in [-0.39, 0.29) is 0 Å². The Morgan fingerprint density at radius 1 is 0.933 bits per heavy atom. The zero-order valence-electron chi connectivity index (χ0n) is 17.8. The quantitative estimate of drug-likeness (QED) is 0.415. The van der Waals surface area contributed by atoms with Crippen LogP contribution in [0.5, 0.6) is 5.75 Å². The van der Waals surface area contributed by atoms with Crippen molar-refractivity contribution in [2.75, 3.05) is 6.61 Å². The number of nitrogens with zero attached hydrogens (tertiary/aromatic N) is 1. The van der Waals surface area contributed by atoms with Crippen LogP contribution in [0.1, 0.15) is 66.5 Å². The third-order valence-corrected chi connectivity index (χ3v) is 5.75. The summed E-state index contributed by atoms with van der Waals surface area (Å²) in [6.45, 7) is 3.78. The summed E-state index contributed by atoms with van der Waals surface area (Å²) in [6, 6.07) is 18.3. The third kappa shape index (κ3) is 5.73. The smallest absolute Gasteiger partial charge is 0.197 e. The van der Waals surface area contributed by atoms with Gasteiger partial charge in [0.25, 0.3) is 0 Å². The molecule has 1 aromatic heterocycles. The summed E-state index contributed by atoms with van der Waals surface area (Å²) in [5, 5.41) is 0. The average molecular weight is 406 g/mol. The molecule has 1 aliphatic carbocycles. The van der Waals surface area contributed by atoms with Crippen molar-refractivity contribution in [3.8, 4) is 5.75 Å². The lowest BCUT2D eigenvalue weighted by Gasteiger charge is -2.17. The molecule has 0 bridgehead atoms. The van der Waals surface area contributed by atoms with Gasteiger partial charge in [-0.15, -0.1) is 0 Å². The second-order valence-corrected chi connectivity index (χ2v) is 8.11. The van der Waals surface area contributed by atoms with Crippen molar-refractivity contribution in [2.24, 2.45) is 0 Å². The monoisotopic (exact) mass is 405 g/mol. The molecular formula is C26H31NO3. The molecule has 1 heterocycles. The summed E-state index contributed by atoms with van der Waals surface area (Å²) >= 11 is 0. The van der Waals surface area contributed by atoms with Gasteiger partial charge in [0.15, 0.2) is 5.89 Å². The topological polar surface area (TPSA) is 44.5 Å². The standard InChI is InChI=1S/C26H31NO3/c1-20-25(27-26(30-20)23-12-6-3-7-13-23)15-16-29-24-14-8-11-22(17-24)19-28-18-21-9-4-2-5-10-21/h2,4-5,8-11,14,17,23H,3,6-7,12-13,15-16,18-19H2,1H3. The van der Waals surface area contributed by atoms with Crippen molar-refractivity contribution in [1.82, 2.24) is 4.98 Å². The van der Waals surface area contributed by atoms with Crippen molar-refractivity contribution in [3.05, 3.63) is 83.1 Å². The molecule has 0 atom stereocenters. The fourth-order valence-corrected chi connectivity index (χ4v) is 4.06. The molecule has 3 aromatic rings. The molecule has 1 fully saturated rings. The van der Waals surface area contributed by atoms with Crippen LogP contribution in [0, 0.1) is 6.92 Å². The van der Waals surface area contributed by atoms with Crippen molar-refractivity contribution in [3.63, 3.8) is 0 Å². The molecule has 2 aromatic carbocycles. The molecule has 1 aliphatic rings. The highest BCUT2D eigenvalue weighted by atomic mass is 16.5. The van der Waals surface area contributed by atoms with Gasteiger partial charge in [-0.25, -0.2) is 4.98 Å². The highest BCUT2D eigenvalue weighted by Crippen LogP contribution is 2.33. The molecule has 0 unspecified atom stereocenters. The van der Waals surface area contributed by atoms with Crippen LogP contribution in [0.4, 0.5) is 0 Å². The van der Waals surface area contributed by atoms with Crippen LogP contribution in [0.3, 0.4) is 0 Å². The molecular weight excluding hydrogens is 374 g/mol. The summed E-state index contributed by atoms with van der Waals surface area (Å²) < 4.78 is 17.8. The molecule has 0 radical (unpaired) electrons. The minimum atomic E-state index is 0.500. The third-order valence-electron chi connectivity index (χ3n) is 5.75. The van der Waals surface area contributed by atoms with E-state index in [4.69, 9.17) is 18.9 Å². The lowest BCUT2D eigenvalue weighted by Crippen LogP contribution is -2.06. The highest BCUT2D eigenvalue weighted by Gasteiger charge is 2.21. The molecule has 158 valence electrons. The lowest BCUT2D eigenvalue weighted by molar-refractivity contribution is 0.107. The minimum absolute atomic E-state index is 0.500. The van der Waals surface area contributed by atoms with Crippen molar-refractivity contribution in [1.29, 1.82) is 0 Å². The maximum Gasteiger partial charge on any atom is 0.197 e. The van der Waals surface area contributed by atoms with Crippen molar-refractivity contribution >= 4 is 0 Å². The van der Waals surface area contributed by atoms with Crippen LogP contribution in [-0.4, -0.2) is 11.6 Å². The Labute approximate surface area is 179 Å². The van der Waals surface area contributed by atoms with Crippen molar-refractivity contribution < 1.29 is 13.9 Å². The summed E-state index contributed by atoms with van der Waals surface area (Å²) in [5.74, 6) is 3.23. The molecule has 0 saturated heterocycles. The number of aromatic nitrogens is 1. The molecule has 1 saturated carbocycles. The molecule has 4 heteroatoms. The Bertz CT molecular complexity index is 913. The van der Waals surface area contributed by atoms with Crippen molar-refractivity contribution in [2.45, 2.75) is 64.6 Å². The van der Waals surface area contributed by atoms with Gasteiger partial charge in [0, 0.05) is 12.3 Å². The van der Waals surface area contributed by atoms with Gasteiger partial charge in [-0.3, -0.25) is 0 Å². The first-order valence-electron chi connectivity index (χ1n) is 11.1. The Hall–Kier alpha value is -2.59. The number of ether oxygens (including phenoxy) is 2. The van der Waals surface area contributed by atoms with E-state index >= 15 is 0 Å². The molecule has 30 heavy (non-hydrogen) atoms. The zero-order valence-corrected chi connectivity index (χ0v) is 17.8. The largest absolute Gasteiger partial charge is 0.493 e. The second-order valence-electron chi connectivity index (χ2n) is 8.11. The van der Waals surface area contributed by atoms with Gasteiger partial charge in [-0.1, -0.05) is 61.7 Å². The first-order valence-corrected chi connectivity index (χ1v) is 11.1. The Morgan fingerprint density at radius 2 is 1.70 bits per heavy atom. The number of benzene rings is 2. The Balaban J connectivity index is 1.25. The summed E-state index contributed by atoms with van der Waals surface area (Å²) in [5.41, 5.74) is 3.32.